The Hall–Kier alpha value is -2.96. The van der Waals surface area contributed by atoms with Crippen LogP contribution in [0.4, 0.5) is 5.69 Å². The van der Waals surface area contributed by atoms with E-state index in [0.717, 1.165) is 26.9 Å². The summed E-state index contributed by atoms with van der Waals surface area (Å²) in [6.07, 6.45) is 0. The second-order valence-corrected chi connectivity index (χ2v) is 8.28. The van der Waals surface area contributed by atoms with Crippen molar-refractivity contribution in [3.63, 3.8) is 0 Å². The molecule has 0 spiro atoms. The van der Waals surface area contributed by atoms with Crippen LogP contribution in [0.25, 0.3) is 17.1 Å². The SMILES string of the molecule is Cc1cccc(-c2nc(C(=O)Nc3ccc(Br)cc3C)nn2-c2ccc(Cl)cc2)c1. The predicted molar refractivity (Wildman–Crippen MR) is 123 cm³/mol. The average molecular weight is 482 g/mol. The van der Waals surface area contributed by atoms with Crippen molar-refractivity contribution < 1.29 is 4.79 Å². The first-order chi connectivity index (χ1) is 14.4. The molecule has 7 heteroatoms. The maximum Gasteiger partial charge on any atom is 0.295 e. The van der Waals surface area contributed by atoms with Gasteiger partial charge in [-0.05, 0) is 67.9 Å². The summed E-state index contributed by atoms with van der Waals surface area (Å²) in [5.74, 6) is 0.296. The zero-order valence-corrected chi connectivity index (χ0v) is 18.7. The zero-order valence-electron chi connectivity index (χ0n) is 16.4. The minimum atomic E-state index is -0.373. The van der Waals surface area contributed by atoms with E-state index in [1.807, 2.05) is 68.4 Å². The molecule has 0 radical (unpaired) electrons. The molecule has 1 amide bonds. The molecule has 5 nitrogen and oxygen atoms in total. The molecule has 0 aliphatic rings. The number of hydrogen-bond acceptors (Lipinski definition) is 3. The standard InChI is InChI=1S/C23H18BrClN4O/c1-14-4-3-5-16(12-14)22-27-21(28-29(22)19-9-7-18(25)8-10-19)23(30)26-20-11-6-17(24)13-15(20)2/h3-13H,1-2H3,(H,26,30). The molecular weight excluding hydrogens is 464 g/mol. The van der Waals surface area contributed by atoms with E-state index >= 15 is 0 Å². The third-order valence-corrected chi connectivity index (χ3v) is 5.34. The van der Waals surface area contributed by atoms with E-state index < -0.39 is 0 Å². The number of hydrogen-bond donors (Lipinski definition) is 1. The lowest BCUT2D eigenvalue weighted by atomic mass is 10.1. The number of benzene rings is 3. The molecule has 1 N–H and O–H groups in total. The predicted octanol–water partition coefficient (Wildman–Crippen LogP) is 6.22. The molecule has 1 heterocycles. The Labute approximate surface area is 187 Å². The highest BCUT2D eigenvalue weighted by molar-refractivity contribution is 9.10. The van der Waals surface area contributed by atoms with E-state index in [4.69, 9.17) is 11.6 Å². The Morgan fingerprint density at radius 3 is 2.50 bits per heavy atom. The van der Waals surface area contributed by atoms with Gasteiger partial charge in [0.2, 0.25) is 5.82 Å². The highest BCUT2D eigenvalue weighted by Gasteiger charge is 2.19. The Bertz CT molecular complexity index is 1230. The number of amides is 1. The van der Waals surface area contributed by atoms with Crippen molar-refractivity contribution in [2.75, 3.05) is 5.32 Å². The number of carbonyl (C=O) groups is 1. The summed E-state index contributed by atoms with van der Waals surface area (Å²) >= 11 is 9.47. The van der Waals surface area contributed by atoms with Gasteiger partial charge in [0, 0.05) is 20.7 Å². The minimum Gasteiger partial charge on any atom is -0.319 e. The van der Waals surface area contributed by atoms with Crippen LogP contribution in [0.2, 0.25) is 5.02 Å². The van der Waals surface area contributed by atoms with Crippen LogP contribution in [0.3, 0.4) is 0 Å². The Morgan fingerprint density at radius 1 is 1.03 bits per heavy atom. The molecule has 30 heavy (non-hydrogen) atoms. The maximum absolute atomic E-state index is 12.9. The van der Waals surface area contributed by atoms with Crippen LogP contribution >= 0.6 is 27.5 Å². The van der Waals surface area contributed by atoms with Gasteiger partial charge >= 0.3 is 0 Å². The molecule has 0 saturated heterocycles. The number of rotatable bonds is 4. The normalized spacial score (nSPS) is 10.8. The van der Waals surface area contributed by atoms with Gasteiger partial charge in [0.15, 0.2) is 5.82 Å². The van der Waals surface area contributed by atoms with Crippen LogP contribution in [0.5, 0.6) is 0 Å². The molecule has 1 aromatic heterocycles. The smallest absolute Gasteiger partial charge is 0.295 e. The summed E-state index contributed by atoms with van der Waals surface area (Å²) in [7, 11) is 0. The number of nitrogens with zero attached hydrogens (tertiary/aromatic N) is 3. The van der Waals surface area contributed by atoms with Gasteiger partial charge in [0.1, 0.15) is 0 Å². The number of anilines is 1. The van der Waals surface area contributed by atoms with Gasteiger partial charge in [-0.1, -0.05) is 51.3 Å². The minimum absolute atomic E-state index is 0.0868. The monoisotopic (exact) mass is 480 g/mol. The molecule has 0 fully saturated rings. The highest BCUT2D eigenvalue weighted by atomic mass is 79.9. The Morgan fingerprint density at radius 2 is 1.80 bits per heavy atom. The first-order valence-electron chi connectivity index (χ1n) is 9.28. The van der Waals surface area contributed by atoms with Crippen LogP contribution in [0.15, 0.2) is 71.2 Å². The second-order valence-electron chi connectivity index (χ2n) is 6.93. The van der Waals surface area contributed by atoms with Crippen molar-refractivity contribution in [2.45, 2.75) is 13.8 Å². The topological polar surface area (TPSA) is 59.8 Å². The Kier molecular flexibility index (Phi) is 5.70. The highest BCUT2D eigenvalue weighted by Crippen LogP contribution is 2.24. The molecular formula is C23H18BrClN4O. The molecule has 4 rings (SSSR count). The van der Waals surface area contributed by atoms with Gasteiger partial charge in [-0.3, -0.25) is 4.79 Å². The third kappa shape index (κ3) is 4.30. The van der Waals surface area contributed by atoms with Crippen LogP contribution < -0.4 is 5.32 Å². The average Bonchev–Trinajstić information content (AvgIpc) is 3.16. The third-order valence-electron chi connectivity index (χ3n) is 4.59. The fourth-order valence-corrected chi connectivity index (χ4v) is 3.69. The quantitative estimate of drug-likeness (QED) is 0.376. The van der Waals surface area contributed by atoms with E-state index in [0.29, 0.717) is 16.5 Å². The molecule has 0 atom stereocenters. The van der Waals surface area contributed by atoms with Crippen LogP contribution in [-0.4, -0.2) is 20.7 Å². The van der Waals surface area contributed by atoms with Crippen molar-refractivity contribution in [1.29, 1.82) is 0 Å². The first-order valence-corrected chi connectivity index (χ1v) is 10.5. The second kappa shape index (κ2) is 8.42. The number of aryl methyl sites for hydroxylation is 2. The van der Waals surface area contributed by atoms with Gasteiger partial charge < -0.3 is 5.32 Å². The van der Waals surface area contributed by atoms with E-state index in [1.165, 1.54) is 0 Å². The zero-order chi connectivity index (χ0) is 21.3. The molecule has 0 aliphatic carbocycles. The number of halogens is 2. The number of carbonyl (C=O) groups excluding carboxylic acids is 1. The summed E-state index contributed by atoms with van der Waals surface area (Å²) in [5.41, 5.74) is 4.38. The van der Waals surface area contributed by atoms with Crippen LogP contribution in [0.1, 0.15) is 21.7 Å². The summed E-state index contributed by atoms with van der Waals surface area (Å²) in [6.45, 7) is 3.94. The summed E-state index contributed by atoms with van der Waals surface area (Å²) in [6, 6.07) is 20.8. The van der Waals surface area contributed by atoms with Gasteiger partial charge in [0.05, 0.1) is 5.69 Å². The van der Waals surface area contributed by atoms with Crippen LogP contribution in [-0.2, 0) is 0 Å². The molecule has 3 aromatic carbocycles. The largest absolute Gasteiger partial charge is 0.319 e. The fraction of sp³-hybridized carbons (Fsp3) is 0.0870. The van der Waals surface area contributed by atoms with E-state index in [-0.39, 0.29) is 11.7 Å². The van der Waals surface area contributed by atoms with E-state index in [9.17, 15) is 4.79 Å². The van der Waals surface area contributed by atoms with E-state index in [1.54, 1.807) is 16.8 Å². The molecule has 150 valence electrons. The molecule has 0 saturated carbocycles. The molecule has 0 aliphatic heterocycles. The molecule has 0 unspecified atom stereocenters. The maximum atomic E-state index is 12.9. The lowest BCUT2D eigenvalue weighted by Gasteiger charge is -2.07. The van der Waals surface area contributed by atoms with Gasteiger partial charge in [-0.25, -0.2) is 9.67 Å². The van der Waals surface area contributed by atoms with Crippen molar-refractivity contribution in [1.82, 2.24) is 14.8 Å². The van der Waals surface area contributed by atoms with Crippen molar-refractivity contribution in [3.8, 4) is 17.1 Å². The summed E-state index contributed by atoms with van der Waals surface area (Å²) < 4.78 is 2.61. The van der Waals surface area contributed by atoms with Crippen molar-refractivity contribution >= 4 is 39.1 Å². The number of nitrogens with one attached hydrogen (secondary N) is 1. The summed E-state index contributed by atoms with van der Waals surface area (Å²) in [4.78, 5) is 17.5. The summed E-state index contributed by atoms with van der Waals surface area (Å²) in [5, 5.41) is 8.02. The van der Waals surface area contributed by atoms with Gasteiger partial charge in [-0.2, -0.15) is 0 Å². The number of aromatic nitrogens is 3. The van der Waals surface area contributed by atoms with Crippen molar-refractivity contribution in [2.24, 2.45) is 0 Å². The van der Waals surface area contributed by atoms with Crippen molar-refractivity contribution in [3.05, 3.63) is 93.2 Å². The molecule has 0 bridgehead atoms. The van der Waals surface area contributed by atoms with Crippen LogP contribution in [0, 0.1) is 13.8 Å². The van der Waals surface area contributed by atoms with E-state index in [2.05, 4.69) is 31.3 Å². The lowest BCUT2D eigenvalue weighted by Crippen LogP contribution is -2.15. The van der Waals surface area contributed by atoms with Gasteiger partial charge in [-0.15, -0.1) is 5.10 Å². The Balaban J connectivity index is 1.76. The lowest BCUT2D eigenvalue weighted by molar-refractivity contribution is 0.101. The fourth-order valence-electron chi connectivity index (χ4n) is 3.09. The first kappa shape index (κ1) is 20.3. The molecule has 4 aromatic rings. The van der Waals surface area contributed by atoms with Gasteiger partial charge in [0.25, 0.3) is 5.91 Å².